The number of amides is 1. The second-order valence-electron chi connectivity index (χ2n) is 8.76. The van der Waals surface area contributed by atoms with Gasteiger partial charge in [-0.15, -0.1) is 0 Å². The Balaban J connectivity index is 1.07. The highest BCUT2D eigenvalue weighted by Gasteiger charge is 2.22. The van der Waals surface area contributed by atoms with Gasteiger partial charge in [0.2, 0.25) is 5.95 Å². The minimum Gasteiger partial charge on any atom is -0.341 e. The van der Waals surface area contributed by atoms with E-state index in [1.54, 1.807) is 11.8 Å². The van der Waals surface area contributed by atoms with Gasteiger partial charge in [0.05, 0.1) is 22.1 Å². The third-order valence-corrected chi connectivity index (χ3v) is 7.35. The molecule has 0 saturated carbocycles. The Bertz CT molecular complexity index is 1410. The van der Waals surface area contributed by atoms with Crippen LogP contribution in [-0.4, -0.2) is 56.9 Å². The maximum absolute atomic E-state index is 13.2. The van der Waals surface area contributed by atoms with Crippen molar-refractivity contribution in [2.45, 2.75) is 17.3 Å². The highest BCUT2D eigenvalue weighted by Crippen LogP contribution is 2.24. The summed E-state index contributed by atoms with van der Waals surface area (Å²) in [4.78, 5) is 33.5. The van der Waals surface area contributed by atoms with Gasteiger partial charge in [0.25, 0.3) is 5.91 Å². The van der Waals surface area contributed by atoms with Crippen molar-refractivity contribution in [3.8, 4) is 0 Å². The minimum atomic E-state index is 0.0907. The lowest BCUT2D eigenvalue weighted by Gasteiger charge is -2.22. The molecule has 3 heterocycles. The molecule has 1 aliphatic heterocycles. The fraction of sp³-hybridized carbons (Fsp3) is 0.222. The van der Waals surface area contributed by atoms with Crippen LogP contribution >= 0.6 is 11.8 Å². The van der Waals surface area contributed by atoms with Crippen LogP contribution in [0, 0.1) is 0 Å². The van der Waals surface area contributed by atoms with Gasteiger partial charge in [-0.2, -0.15) is 0 Å². The molecule has 2 N–H and O–H groups in total. The third-order valence-electron chi connectivity index (χ3n) is 6.40. The van der Waals surface area contributed by atoms with Crippen molar-refractivity contribution in [3.05, 3.63) is 83.9 Å². The van der Waals surface area contributed by atoms with E-state index < -0.39 is 0 Å². The number of anilines is 1. The zero-order valence-corrected chi connectivity index (χ0v) is 20.1. The van der Waals surface area contributed by atoms with Crippen LogP contribution in [0.15, 0.2) is 78.0 Å². The van der Waals surface area contributed by atoms with E-state index in [4.69, 9.17) is 4.98 Å². The van der Waals surface area contributed by atoms with Crippen molar-refractivity contribution in [1.82, 2.24) is 24.8 Å². The number of fused-ring (bicyclic) bond motifs is 2. The van der Waals surface area contributed by atoms with Gasteiger partial charge in [0, 0.05) is 37.5 Å². The van der Waals surface area contributed by atoms with E-state index >= 15 is 0 Å². The van der Waals surface area contributed by atoms with E-state index in [1.807, 2.05) is 77.7 Å². The van der Waals surface area contributed by atoms with E-state index in [-0.39, 0.29) is 5.91 Å². The molecule has 1 aliphatic rings. The number of rotatable bonds is 5. The molecular formula is C27H26N6OS. The molecule has 0 bridgehead atoms. The summed E-state index contributed by atoms with van der Waals surface area (Å²) in [6.45, 7) is 3.07. The molecule has 2 aromatic heterocycles. The Morgan fingerprint density at radius 1 is 0.800 bits per heavy atom. The van der Waals surface area contributed by atoms with Crippen LogP contribution in [0.5, 0.6) is 0 Å². The molecule has 7 nitrogen and oxygen atoms in total. The van der Waals surface area contributed by atoms with E-state index in [2.05, 4.69) is 19.9 Å². The second-order valence-corrected chi connectivity index (χ2v) is 9.72. The van der Waals surface area contributed by atoms with Crippen LogP contribution < -0.4 is 4.90 Å². The van der Waals surface area contributed by atoms with Crippen LogP contribution in [-0.2, 0) is 5.75 Å². The van der Waals surface area contributed by atoms with E-state index in [1.165, 1.54) is 5.56 Å². The first-order valence-corrected chi connectivity index (χ1v) is 12.9. The molecule has 1 amide bonds. The molecule has 35 heavy (non-hydrogen) atoms. The molecule has 0 atom stereocenters. The van der Waals surface area contributed by atoms with Crippen LogP contribution in [0.1, 0.15) is 22.3 Å². The average Bonchev–Trinajstić information content (AvgIpc) is 3.44. The maximum Gasteiger partial charge on any atom is 0.253 e. The van der Waals surface area contributed by atoms with Gasteiger partial charge in [-0.05, 0) is 48.4 Å². The Morgan fingerprint density at radius 2 is 1.51 bits per heavy atom. The number of aromatic nitrogens is 4. The predicted octanol–water partition coefficient (Wildman–Crippen LogP) is 5.08. The van der Waals surface area contributed by atoms with E-state index in [0.29, 0.717) is 6.54 Å². The number of para-hydroxylation sites is 4. The smallest absolute Gasteiger partial charge is 0.253 e. The molecule has 0 radical (unpaired) electrons. The third kappa shape index (κ3) is 4.61. The highest BCUT2D eigenvalue weighted by atomic mass is 32.2. The Labute approximate surface area is 207 Å². The number of carbonyl (C=O) groups excluding carboxylic acids is 1. The normalized spacial score (nSPS) is 14.5. The fourth-order valence-electron chi connectivity index (χ4n) is 4.50. The van der Waals surface area contributed by atoms with Gasteiger partial charge >= 0.3 is 0 Å². The first-order valence-electron chi connectivity index (χ1n) is 11.9. The summed E-state index contributed by atoms with van der Waals surface area (Å²) >= 11 is 1.67. The molecule has 0 spiro atoms. The largest absolute Gasteiger partial charge is 0.341 e. The van der Waals surface area contributed by atoms with E-state index in [0.717, 1.165) is 70.5 Å². The van der Waals surface area contributed by atoms with Crippen molar-refractivity contribution >= 4 is 45.7 Å². The summed E-state index contributed by atoms with van der Waals surface area (Å²) in [6.07, 6.45) is 0.912. The summed E-state index contributed by atoms with van der Waals surface area (Å²) in [5.41, 5.74) is 5.94. The van der Waals surface area contributed by atoms with Gasteiger partial charge in [-0.3, -0.25) is 4.79 Å². The zero-order chi connectivity index (χ0) is 23.6. The molecule has 8 heteroatoms. The van der Waals surface area contributed by atoms with Crippen LogP contribution in [0.25, 0.3) is 22.1 Å². The predicted molar refractivity (Wildman–Crippen MR) is 141 cm³/mol. The summed E-state index contributed by atoms with van der Waals surface area (Å²) < 4.78 is 0. The number of hydrogen-bond donors (Lipinski definition) is 2. The average molecular weight is 483 g/mol. The molecule has 176 valence electrons. The molecule has 0 aliphatic carbocycles. The molecule has 6 rings (SSSR count). The molecule has 0 unspecified atom stereocenters. The van der Waals surface area contributed by atoms with Crippen LogP contribution in [0.3, 0.4) is 0 Å². The number of imidazole rings is 2. The van der Waals surface area contributed by atoms with Gasteiger partial charge in [0.1, 0.15) is 0 Å². The van der Waals surface area contributed by atoms with Crippen LogP contribution in [0.4, 0.5) is 5.95 Å². The Kier molecular flexibility index (Phi) is 5.88. The fourth-order valence-corrected chi connectivity index (χ4v) is 5.34. The topological polar surface area (TPSA) is 80.9 Å². The van der Waals surface area contributed by atoms with Crippen molar-refractivity contribution in [2.75, 3.05) is 31.1 Å². The lowest BCUT2D eigenvalue weighted by atomic mass is 10.1. The van der Waals surface area contributed by atoms with Gasteiger partial charge < -0.3 is 19.8 Å². The number of hydrogen-bond acceptors (Lipinski definition) is 5. The van der Waals surface area contributed by atoms with Crippen molar-refractivity contribution in [1.29, 1.82) is 0 Å². The molecular weight excluding hydrogens is 456 g/mol. The lowest BCUT2D eigenvalue weighted by Crippen LogP contribution is -2.35. The number of carbonyl (C=O) groups is 1. The highest BCUT2D eigenvalue weighted by molar-refractivity contribution is 7.98. The Morgan fingerprint density at radius 3 is 2.26 bits per heavy atom. The summed E-state index contributed by atoms with van der Waals surface area (Å²) in [5.74, 6) is 1.77. The summed E-state index contributed by atoms with van der Waals surface area (Å²) in [7, 11) is 0. The van der Waals surface area contributed by atoms with Gasteiger partial charge in [-0.25, -0.2) is 9.97 Å². The number of thioether (sulfide) groups is 1. The SMILES string of the molecule is O=C(c1ccc(CSc2nc3ccccc3[nH]2)cc1)N1CCCN(c2nc3ccccc3[nH]2)CC1. The Hall–Kier alpha value is -3.78. The first kappa shape index (κ1) is 21.7. The van der Waals surface area contributed by atoms with Crippen molar-refractivity contribution < 1.29 is 4.79 Å². The summed E-state index contributed by atoms with van der Waals surface area (Å²) in [5, 5.41) is 0.907. The monoisotopic (exact) mass is 482 g/mol. The van der Waals surface area contributed by atoms with Crippen molar-refractivity contribution in [2.24, 2.45) is 0 Å². The maximum atomic E-state index is 13.2. The lowest BCUT2D eigenvalue weighted by molar-refractivity contribution is 0.0767. The number of nitrogens with zero attached hydrogens (tertiary/aromatic N) is 4. The number of benzene rings is 3. The molecule has 5 aromatic rings. The second kappa shape index (κ2) is 9.46. The quantitative estimate of drug-likeness (QED) is 0.341. The van der Waals surface area contributed by atoms with Gasteiger partial charge in [-0.1, -0.05) is 48.2 Å². The number of aromatic amines is 2. The minimum absolute atomic E-state index is 0.0907. The van der Waals surface area contributed by atoms with Gasteiger partial charge in [0.15, 0.2) is 5.16 Å². The molecule has 1 fully saturated rings. The molecule has 1 saturated heterocycles. The van der Waals surface area contributed by atoms with Crippen LogP contribution in [0.2, 0.25) is 0 Å². The molecule has 3 aromatic carbocycles. The standard InChI is InChI=1S/C27H26N6OS/c34-25(32-14-5-15-33(17-16-32)26-28-21-6-1-2-7-22(21)29-26)20-12-10-19(11-13-20)18-35-27-30-23-8-3-4-9-24(23)31-27/h1-4,6-13H,5,14-18H2,(H,28,29)(H,30,31). The van der Waals surface area contributed by atoms with Crippen molar-refractivity contribution in [3.63, 3.8) is 0 Å². The zero-order valence-electron chi connectivity index (χ0n) is 19.3. The number of H-pyrrole nitrogens is 2. The number of nitrogens with one attached hydrogen (secondary N) is 2. The first-order chi connectivity index (χ1) is 17.2. The van der Waals surface area contributed by atoms with E-state index in [9.17, 15) is 4.79 Å². The summed E-state index contributed by atoms with van der Waals surface area (Å²) in [6, 6.07) is 24.1.